The van der Waals surface area contributed by atoms with E-state index in [-0.39, 0.29) is 23.9 Å². The van der Waals surface area contributed by atoms with Crippen LogP contribution in [-0.4, -0.2) is 32.5 Å². The fourth-order valence-corrected chi connectivity index (χ4v) is 3.77. The Morgan fingerprint density at radius 2 is 2.07 bits per heavy atom. The largest absolute Gasteiger partial charge is 0.465 e. The number of anilines is 1. The summed E-state index contributed by atoms with van der Waals surface area (Å²) in [5.74, 6) is 0.121. The number of hydrogen-bond donors (Lipinski definition) is 1. The van der Waals surface area contributed by atoms with E-state index in [4.69, 9.17) is 16.6 Å². The smallest absolute Gasteiger partial charge is 0.269 e. The van der Waals surface area contributed by atoms with Gasteiger partial charge in [-0.15, -0.1) is 0 Å². The van der Waals surface area contributed by atoms with Gasteiger partial charge in [-0.1, -0.05) is 24.0 Å². The SMILES string of the molecule is O=C(CCCN1C(=O)C(=Cc2ccco2)SC1=S)Nc1ccc([N+](=O)[O-])cc1. The molecule has 1 aliphatic heterocycles. The van der Waals surface area contributed by atoms with Crippen LogP contribution in [0, 0.1) is 10.1 Å². The molecule has 0 saturated carbocycles. The van der Waals surface area contributed by atoms with Gasteiger partial charge in [0.2, 0.25) is 5.91 Å². The number of hydrogen-bond acceptors (Lipinski definition) is 7. The van der Waals surface area contributed by atoms with Gasteiger partial charge in [-0.3, -0.25) is 24.6 Å². The highest BCUT2D eigenvalue weighted by molar-refractivity contribution is 8.26. The summed E-state index contributed by atoms with van der Waals surface area (Å²) < 4.78 is 5.65. The van der Waals surface area contributed by atoms with E-state index >= 15 is 0 Å². The number of carbonyl (C=O) groups excluding carboxylic acids is 2. The van der Waals surface area contributed by atoms with E-state index in [0.29, 0.717) is 33.6 Å². The van der Waals surface area contributed by atoms with Gasteiger partial charge in [-0.05, 0) is 30.7 Å². The topological polar surface area (TPSA) is 106 Å². The number of carbonyl (C=O) groups is 2. The molecule has 0 bridgehead atoms. The average molecular weight is 417 g/mol. The molecule has 2 aromatic rings. The first-order valence-corrected chi connectivity index (χ1v) is 9.50. The first-order chi connectivity index (χ1) is 13.4. The molecule has 2 heterocycles. The number of nitrogens with one attached hydrogen (secondary N) is 1. The molecule has 10 heteroatoms. The number of furan rings is 1. The molecule has 1 aliphatic rings. The zero-order chi connectivity index (χ0) is 20.1. The van der Waals surface area contributed by atoms with Crippen LogP contribution in [-0.2, 0) is 9.59 Å². The molecule has 2 amide bonds. The van der Waals surface area contributed by atoms with Crippen LogP contribution in [0.1, 0.15) is 18.6 Å². The standard InChI is InChI=1S/C18H15N3O5S2/c22-16(19-12-5-7-13(8-6-12)21(24)25)4-1-9-20-17(23)15(28-18(20)27)11-14-3-2-10-26-14/h2-3,5-8,10-11H,1,4,9H2,(H,19,22). The van der Waals surface area contributed by atoms with Crippen molar-refractivity contribution in [2.45, 2.75) is 12.8 Å². The van der Waals surface area contributed by atoms with Crippen LogP contribution in [0.2, 0.25) is 0 Å². The Bertz CT molecular complexity index is 939. The lowest BCUT2D eigenvalue weighted by atomic mass is 10.2. The van der Waals surface area contributed by atoms with Gasteiger partial charge in [0.1, 0.15) is 10.1 Å². The van der Waals surface area contributed by atoms with Crippen LogP contribution in [0.3, 0.4) is 0 Å². The molecule has 8 nitrogen and oxygen atoms in total. The number of nitro groups is 1. The lowest BCUT2D eigenvalue weighted by Crippen LogP contribution is -2.29. The van der Waals surface area contributed by atoms with Gasteiger partial charge in [0, 0.05) is 36.9 Å². The Kier molecular flexibility index (Phi) is 6.22. The van der Waals surface area contributed by atoms with Crippen molar-refractivity contribution in [3.63, 3.8) is 0 Å². The van der Waals surface area contributed by atoms with Gasteiger partial charge >= 0.3 is 0 Å². The monoisotopic (exact) mass is 417 g/mol. The number of amides is 2. The van der Waals surface area contributed by atoms with Crippen molar-refractivity contribution < 1.29 is 18.9 Å². The van der Waals surface area contributed by atoms with Crippen LogP contribution in [0.25, 0.3) is 6.08 Å². The Morgan fingerprint density at radius 1 is 1.32 bits per heavy atom. The second-order valence-electron chi connectivity index (χ2n) is 5.80. The number of non-ortho nitro benzene ring substituents is 1. The van der Waals surface area contributed by atoms with Crippen LogP contribution < -0.4 is 5.32 Å². The molecule has 0 spiro atoms. The minimum atomic E-state index is -0.506. The molecule has 0 atom stereocenters. The minimum absolute atomic E-state index is 0.0463. The molecule has 1 aromatic heterocycles. The number of benzene rings is 1. The molecule has 0 unspecified atom stereocenters. The fourth-order valence-electron chi connectivity index (χ4n) is 2.48. The van der Waals surface area contributed by atoms with Crippen molar-refractivity contribution in [2.75, 3.05) is 11.9 Å². The molecule has 144 valence electrons. The molecule has 1 N–H and O–H groups in total. The average Bonchev–Trinajstić information content (AvgIpc) is 3.26. The Balaban J connectivity index is 1.49. The Hall–Kier alpha value is -2.98. The van der Waals surface area contributed by atoms with Crippen molar-refractivity contribution in [3.8, 4) is 0 Å². The van der Waals surface area contributed by atoms with Gasteiger partial charge in [0.05, 0.1) is 16.1 Å². The van der Waals surface area contributed by atoms with Crippen molar-refractivity contribution >= 4 is 57.6 Å². The predicted molar refractivity (Wildman–Crippen MR) is 110 cm³/mol. The lowest BCUT2D eigenvalue weighted by Gasteiger charge is -2.14. The van der Waals surface area contributed by atoms with Crippen LogP contribution in [0.5, 0.6) is 0 Å². The number of nitro benzene ring substituents is 1. The van der Waals surface area contributed by atoms with Crippen LogP contribution in [0.15, 0.2) is 52.0 Å². The predicted octanol–water partition coefficient (Wildman–Crippen LogP) is 3.81. The second kappa shape index (κ2) is 8.81. The summed E-state index contributed by atoms with van der Waals surface area (Å²) in [6, 6.07) is 9.06. The van der Waals surface area contributed by atoms with Gasteiger partial charge in [-0.25, -0.2) is 0 Å². The first-order valence-electron chi connectivity index (χ1n) is 8.27. The molecule has 1 aromatic carbocycles. The quantitative estimate of drug-likeness (QED) is 0.316. The normalized spacial score (nSPS) is 15.3. The molecule has 1 saturated heterocycles. The fraction of sp³-hybridized carbons (Fsp3) is 0.167. The van der Waals surface area contributed by atoms with E-state index in [1.807, 2.05) is 0 Å². The highest BCUT2D eigenvalue weighted by atomic mass is 32.2. The van der Waals surface area contributed by atoms with E-state index in [9.17, 15) is 19.7 Å². The minimum Gasteiger partial charge on any atom is -0.465 e. The maximum Gasteiger partial charge on any atom is 0.269 e. The summed E-state index contributed by atoms with van der Waals surface area (Å²) >= 11 is 6.45. The Labute approximate surface area is 169 Å². The van der Waals surface area contributed by atoms with E-state index in [0.717, 1.165) is 0 Å². The van der Waals surface area contributed by atoms with Gasteiger partial charge in [0.25, 0.3) is 11.6 Å². The molecule has 0 aliphatic carbocycles. The third-order valence-electron chi connectivity index (χ3n) is 3.84. The van der Waals surface area contributed by atoms with E-state index < -0.39 is 4.92 Å². The van der Waals surface area contributed by atoms with Gasteiger partial charge in [-0.2, -0.15) is 0 Å². The highest BCUT2D eigenvalue weighted by Gasteiger charge is 2.31. The van der Waals surface area contributed by atoms with Crippen molar-refractivity contribution in [1.82, 2.24) is 4.90 Å². The summed E-state index contributed by atoms with van der Waals surface area (Å²) in [5.41, 5.74) is 0.428. The number of thiocarbonyl (C=S) groups is 1. The van der Waals surface area contributed by atoms with E-state index in [2.05, 4.69) is 5.32 Å². The number of nitrogens with zero attached hydrogens (tertiary/aromatic N) is 2. The zero-order valence-corrected chi connectivity index (χ0v) is 16.1. The first kappa shape index (κ1) is 19.8. The third-order valence-corrected chi connectivity index (χ3v) is 5.22. The van der Waals surface area contributed by atoms with Crippen LogP contribution in [0.4, 0.5) is 11.4 Å². The zero-order valence-electron chi connectivity index (χ0n) is 14.5. The maximum atomic E-state index is 12.4. The highest BCUT2D eigenvalue weighted by Crippen LogP contribution is 2.32. The summed E-state index contributed by atoms with van der Waals surface area (Å²) in [5, 5.41) is 13.3. The summed E-state index contributed by atoms with van der Waals surface area (Å²) in [4.78, 5) is 36.6. The maximum absolute atomic E-state index is 12.4. The van der Waals surface area contributed by atoms with E-state index in [1.54, 1.807) is 18.2 Å². The third kappa shape index (κ3) is 4.84. The summed E-state index contributed by atoms with van der Waals surface area (Å²) in [7, 11) is 0. The van der Waals surface area contributed by atoms with Crippen molar-refractivity contribution in [3.05, 3.63) is 63.4 Å². The second-order valence-corrected chi connectivity index (χ2v) is 7.48. The molecule has 1 fully saturated rings. The number of thioether (sulfide) groups is 1. The van der Waals surface area contributed by atoms with Crippen LogP contribution >= 0.6 is 24.0 Å². The van der Waals surface area contributed by atoms with Gasteiger partial charge in [0.15, 0.2) is 0 Å². The summed E-state index contributed by atoms with van der Waals surface area (Å²) in [6.45, 7) is 0.327. The van der Waals surface area contributed by atoms with Crippen molar-refractivity contribution in [1.29, 1.82) is 0 Å². The lowest BCUT2D eigenvalue weighted by molar-refractivity contribution is -0.384. The molecule has 3 rings (SSSR count). The number of rotatable bonds is 7. The summed E-state index contributed by atoms with van der Waals surface area (Å²) in [6.07, 6.45) is 3.78. The molecule has 28 heavy (non-hydrogen) atoms. The van der Waals surface area contributed by atoms with Crippen molar-refractivity contribution in [2.24, 2.45) is 0 Å². The van der Waals surface area contributed by atoms with Gasteiger partial charge < -0.3 is 9.73 Å². The molecular formula is C18H15N3O5S2. The molecule has 0 radical (unpaired) electrons. The Morgan fingerprint density at radius 3 is 2.71 bits per heavy atom. The molecular weight excluding hydrogens is 402 g/mol. The van der Waals surface area contributed by atoms with E-state index in [1.165, 1.54) is 47.2 Å².